The fraction of sp³-hybridized carbons (Fsp3) is 0.571. The van der Waals surface area contributed by atoms with Gasteiger partial charge in [-0.25, -0.2) is 4.98 Å². The largest absolute Gasteiger partial charge is 0.353 e. The molecule has 7 nitrogen and oxygen atoms in total. The molecule has 28 heavy (non-hydrogen) atoms. The van der Waals surface area contributed by atoms with Crippen LogP contribution < -0.4 is 10.6 Å². The van der Waals surface area contributed by atoms with Gasteiger partial charge in [0.1, 0.15) is 5.82 Å². The number of amides is 2. The van der Waals surface area contributed by atoms with Crippen LogP contribution in [0, 0.1) is 12.8 Å². The van der Waals surface area contributed by atoms with Gasteiger partial charge in [0.25, 0.3) is 0 Å². The molecule has 3 N–H and O–H groups in total. The summed E-state index contributed by atoms with van der Waals surface area (Å²) in [6, 6.07) is 5.61. The Labute approximate surface area is 166 Å². The highest BCUT2D eigenvalue weighted by atomic mass is 16.2. The van der Waals surface area contributed by atoms with E-state index < -0.39 is 6.04 Å². The molecule has 2 heterocycles. The van der Waals surface area contributed by atoms with Crippen LogP contribution in [0.2, 0.25) is 0 Å². The van der Waals surface area contributed by atoms with Gasteiger partial charge in [0.15, 0.2) is 0 Å². The molecule has 1 aliphatic rings. The van der Waals surface area contributed by atoms with Gasteiger partial charge in [0, 0.05) is 19.1 Å². The van der Waals surface area contributed by atoms with Gasteiger partial charge in [0.2, 0.25) is 11.8 Å². The average molecular weight is 386 g/mol. The maximum Gasteiger partial charge on any atom is 0.237 e. The van der Waals surface area contributed by atoms with Gasteiger partial charge in [-0.2, -0.15) is 0 Å². The van der Waals surface area contributed by atoms with Crippen LogP contribution in [0.3, 0.4) is 0 Å². The average Bonchev–Trinajstić information content (AvgIpc) is 3.03. The number of carbonyl (C=O) groups excluding carboxylic acids is 2. The monoisotopic (exact) mass is 385 g/mol. The summed E-state index contributed by atoms with van der Waals surface area (Å²) in [5, 5.41) is 5.97. The quantitative estimate of drug-likeness (QED) is 0.712. The van der Waals surface area contributed by atoms with Gasteiger partial charge < -0.3 is 15.6 Å². The van der Waals surface area contributed by atoms with Crippen LogP contribution in [-0.4, -0.2) is 51.9 Å². The first kappa shape index (κ1) is 20.3. The first-order valence-corrected chi connectivity index (χ1v) is 10.1. The van der Waals surface area contributed by atoms with Crippen molar-refractivity contribution in [2.24, 2.45) is 5.92 Å². The van der Waals surface area contributed by atoms with Crippen LogP contribution in [0.5, 0.6) is 0 Å². The number of piperazine rings is 1. The summed E-state index contributed by atoms with van der Waals surface area (Å²) in [5.74, 6) is 0.697. The molecular formula is C21H31N5O2. The number of aromatic amines is 1. The lowest BCUT2D eigenvalue weighted by molar-refractivity contribution is -0.135. The van der Waals surface area contributed by atoms with E-state index in [0.717, 1.165) is 29.0 Å². The number of rotatable bonds is 6. The Balaban J connectivity index is 1.76. The number of hydrogen-bond acceptors (Lipinski definition) is 4. The molecular weight excluding hydrogens is 354 g/mol. The summed E-state index contributed by atoms with van der Waals surface area (Å²) in [4.78, 5) is 35.3. The molecule has 0 saturated carbocycles. The Bertz CT molecular complexity index is 858. The normalized spacial score (nSPS) is 19.2. The number of fused-ring (bicyclic) bond motifs is 1. The Morgan fingerprint density at radius 1 is 1.32 bits per heavy atom. The molecule has 2 atom stereocenters. The van der Waals surface area contributed by atoms with E-state index in [1.165, 1.54) is 0 Å². The van der Waals surface area contributed by atoms with E-state index in [0.29, 0.717) is 6.54 Å². The van der Waals surface area contributed by atoms with Gasteiger partial charge >= 0.3 is 0 Å². The van der Waals surface area contributed by atoms with Crippen molar-refractivity contribution >= 4 is 22.8 Å². The number of carbonyl (C=O) groups is 2. The minimum Gasteiger partial charge on any atom is -0.353 e. The SMILES string of the molecule is Cc1ccc2nc([C@H](NC(=O)C[C@@H]3C(=O)NCCN3C(C)C)C(C)C)[nH]c2c1. The van der Waals surface area contributed by atoms with Crippen molar-refractivity contribution in [3.05, 3.63) is 29.6 Å². The Morgan fingerprint density at radius 2 is 2.07 bits per heavy atom. The molecule has 0 spiro atoms. The minimum atomic E-state index is -0.431. The molecule has 1 fully saturated rings. The lowest BCUT2D eigenvalue weighted by Gasteiger charge is -2.37. The smallest absolute Gasteiger partial charge is 0.237 e. The predicted molar refractivity (Wildman–Crippen MR) is 110 cm³/mol. The van der Waals surface area contributed by atoms with E-state index in [1.54, 1.807) is 0 Å². The van der Waals surface area contributed by atoms with E-state index in [2.05, 4.69) is 59.3 Å². The van der Waals surface area contributed by atoms with Crippen LogP contribution in [0.4, 0.5) is 0 Å². The maximum absolute atomic E-state index is 12.8. The third-order valence-electron chi connectivity index (χ3n) is 5.35. The van der Waals surface area contributed by atoms with Crippen LogP contribution in [0.1, 0.15) is 51.5 Å². The predicted octanol–water partition coefficient (Wildman–Crippen LogP) is 2.28. The fourth-order valence-corrected chi connectivity index (χ4v) is 3.81. The molecule has 0 radical (unpaired) electrons. The number of aryl methyl sites for hydroxylation is 1. The molecule has 1 aliphatic heterocycles. The van der Waals surface area contributed by atoms with Gasteiger partial charge in [-0.15, -0.1) is 0 Å². The third-order valence-corrected chi connectivity index (χ3v) is 5.35. The molecule has 1 aromatic heterocycles. The van der Waals surface area contributed by atoms with Crippen molar-refractivity contribution in [2.75, 3.05) is 13.1 Å². The first-order valence-electron chi connectivity index (χ1n) is 10.1. The second kappa shape index (κ2) is 8.31. The number of nitrogens with zero attached hydrogens (tertiary/aromatic N) is 2. The highest BCUT2D eigenvalue weighted by Crippen LogP contribution is 2.23. The van der Waals surface area contributed by atoms with E-state index in [9.17, 15) is 9.59 Å². The van der Waals surface area contributed by atoms with E-state index >= 15 is 0 Å². The summed E-state index contributed by atoms with van der Waals surface area (Å²) in [5.41, 5.74) is 3.01. The van der Waals surface area contributed by atoms with Crippen molar-refractivity contribution in [3.63, 3.8) is 0 Å². The van der Waals surface area contributed by atoms with Crippen molar-refractivity contribution in [1.82, 2.24) is 25.5 Å². The van der Waals surface area contributed by atoms with E-state index in [4.69, 9.17) is 0 Å². The minimum absolute atomic E-state index is 0.0737. The summed E-state index contributed by atoms with van der Waals surface area (Å²) >= 11 is 0. The lowest BCUT2D eigenvalue weighted by Crippen LogP contribution is -2.58. The second-order valence-corrected chi connectivity index (χ2v) is 8.27. The van der Waals surface area contributed by atoms with Crippen molar-refractivity contribution in [1.29, 1.82) is 0 Å². The molecule has 7 heteroatoms. The van der Waals surface area contributed by atoms with Crippen molar-refractivity contribution in [3.8, 4) is 0 Å². The zero-order valence-corrected chi connectivity index (χ0v) is 17.4. The second-order valence-electron chi connectivity index (χ2n) is 8.27. The van der Waals surface area contributed by atoms with Crippen LogP contribution >= 0.6 is 0 Å². The van der Waals surface area contributed by atoms with Crippen LogP contribution in [-0.2, 0) is 9.59 Å². The molecule has 0 bridgehead atoms. The number of nitrogens with one attached hydrogen (secondary N) is 3. The van der Waals surface area contributed by atoms with Gasteiger partial charge in [0.05, 0.1) is 29.5 Å². The van der Waals surface area contributed by atoms with Crippen LogP contribution in [0.15, 0.2) is 18.2 Å². The van der Waals surface area contributed by atoms with Crippen molar-refractivity contribution < 1.29 is 9.59 Å². The highest BCUT2D eigenvalue weighted by molar-refractivity contribution is 5.89. The summed E-state index contributed by atoms with van der Waals surface area (Å²) in [6.07, 6.45) is 0.145. The zero-order valence-electron chi connectivity index (χ0n) is 17.4. The molecule has 2 aromatic rings. The van der Waals surface area contributed by atoms with Gasteiger partial charge in [-0.3, -0.25) is 14.5 Å². The lowest BCUT2D eigenvalue weighted by atomic mass is 10.0. The first-order chi connectivity index (χ1) is 13.3. The Hall–Kier alpha value is -2.41. The molecule has 1 saturated heterocycles. The summed E-state index contributed by atoms with van der Waals surface area (Å²) in [7, 11) is 0. The Morgan fingerprint density at radius 3 is 2.75 bits per heavy atom. The fourth-order valence-electron chi connectivity index (χ4n) is 3.81. The van der Waals surface area contributed by atoms with Crippen molar-refractivity contribution in [2.45, 2.75) is 59.2 Å². The van der Waals surface area contributed by atoms with E-state index in [1.807, 2.05) is 19.1 Å². The molecule has 0 aliphatic carbocycles. The summed E-state index contributed by atoms with van der Waals surface area (Å²) in [6.45, 7) is 11.6. The number of H-pyrrole nitrogens is 1. The number of hydrogen-bond donors (Lipinski definition) is 3. The standard InChI is InChI=1S/C21H31N5O2/c1-12(2)19(20-23-15-7-6-14(5)10-16(15)24-20)25-18(27)11-17-21(28)22-8-9-26(17)13(3)4/h6-7,10,12-13,17,19H,8-9,11H2,1-5H3,(H,22,28)(H,23,24)(H,25,27)/t17-,19-/m1/s1. The van der Waals surface area contributed by atoms with E-state index in [-0.39, 0.29) is 36.2 Å². The summed E-state index contributed by atoms with van der Waals surface area (Å²) < 4.78 is 0. The Kier molecular flexibility index (Phi) is 6.03. The number of aromatic nitrogens is 2. The zero-order chi connectivity index (χ0) is 20.4. The molecule has 2 amide bonds. The molecule has 152 valence electrons. The molecule has 0 unspecified atom stereocenters. The maximum atomic E-state index is 12.8. The third kappa shape index (κ3) is 4.35. The number of benzene rings is 1. The van der Waals surface area contributed by atoms with Gasteiger partial charge in [-0.05, 0) is 44.4 Å². The van der Waals surface area contributed by atoms with Gasteiger partial charge in [-0.1, -0.05) is 19.9 Å². The number of imidazole rings is 1. The molecule has 3 rings (SSSR count). The highest BCUT2D eigenvalue weighted by Gasteiger charge is 2.34. The topological polar surface area (TPSA) is 90.1 Å². The van der Waals surface area contributed by atoms with Crippen LogP contribution in [0.25, 0.3) is 11.0 Å². The molecule has 1 aromatic carbocycles.